The van der Waals surface area contributed by atoms with Crippen molar-refractivity contribution in [3.05, 3.63) is 0 Å². The molecule has 2 nitrogen and oxygen atoms in total. The summed E-state index contributed by atoms with van der Waals surface area (Å²) in [6, 6.07) is 0.355. The second-order valence-corrected chi connectivity index (χ2v) is 2.77. The first-order valence-electron chi connectivity index (χ1n) is 3.27. The zero-order chi connectivity index (χ0) is 5.56. The van der Waals surface area contributed by atoms with E-state index >= 15 is 0 Å². The Morgan fingerprint density at radius 2 is 2.25 bits per heavy atom. The second kappa shape index (κ2) is 1.45. The molecule has 0 aromatic heterocycles. The fourth-order valence-electron chi connectivity index (χ4n) is 1.68. The molecule has 46 valence electrons. The Balaban J connectivity index is 2.11. The number of hydrogen-bond donors (Lipinski definition) is 1. The van der Waals surface area contributed by atoms with Crippen molar-refractivity contribution < 1.29 is 4.74 Å². The number of fused-ring (bicyclic) bond motifs is 2. The summed E-state index contributed by atoms with van der Waals surface area (Å²) >= 11 is 0. The molecule has 0 aromatic rings. The fraction of sp³-hybridized carbons (Fsp3) is 1.00. The molecule has 0 aromatic carbocycles. The van der Waals surface area contributed by atoms with E-state index in [0.717, 1.165) is 6.42 Å². The largest absolute Gasteiger partial charge is 0.373 e. The maximum Gasteiger partial charge on any atom is 0.0731 e. The lowest BCUT2D eigenvalue weighted by atomic mass is 9.97. The highest BCUT2D eigenvalue weighted by Gasteiger charge is 2.38. The Kier molecular flexibility index (Phi) is 0.866. The summed E-state index contributed by atoms with van der Waals surface area (Å²) in [6.45, 7) is 0. The first kappa shape index (κ1) is 4.77. The molecule has 2 N–H and O–H groups in total. The smallest absolute Gasteiger partial charge is 0.0731 e. The van der Waals surface area contributed by atoms with Crippen LogP contribution in [0.4, 0.5) is 0 Å². The van der Waals surface area contributed by atoms with Gasteiger partial charge in [0, 0.05) is 6.04 Å². The summed E-state index contributed by atoms with van der Waals surface area (Å²) < 4.78 is 5.46. The van der Waals surface area contributed by atoms with Crippen LogP contribution >= 0.6 is 0 Å². The first-order chi connectivity index (χ1) is 3.86. The van der Waals surface area contributed by atoms with E-state index in [4.69, 9.17) is 10.5 Å². The number of hydrogen-bond acceptors (Lipinski definition) is 2. The van der Waals surface area contributed by atoms with E-state index < -0.39 is 0 Å². The average molecular weight is 113 g/mol. The third-order valence-corrected chi connectivity index (χ3v) is 2.15. The molecule has 1 unspecified atom stereocenters. The standard InChI is InChI=1S/C6H11NO/c7-5-3-4-1-2-6(5)8-4/h4-6H,1-3,7H2/t4-,5?,6+/m0/s1. The Labute approximate surface area is 49.0 Å². The molecule has 0 amide bonds. The molecular formula is C6H11NO. The van der Waals surface area contributed by atoms with E-state index in [0.29, 0.717) is 18.2 Å². The predicted molar refractivity (Wildman–Crippen MR) is 30.5 cm³/mol. The highest BCUT2D eigenvalue weighted by atomic mass is 16.5. The number of ether oxygens (including phenoxy) is 1. The van der Waals surface area contributed by atoms with Crippen molar-refractivity contribution in [2.75, 3.05) is 0 Å². The maximum atomic E-state index is 5.69. The topological polar surface area (TPSA) is 35.2 Å². The van der Waals surface area contributed by atoms with Crippen LogP contribution in [-0.4, -0.2) is 18.2 Å². The number of rotatable bonds is 0. The van der Waals surface area contributed by atoms with Crippen LogP contribution in [-0.2, 0) is 4.74 Å². The van der Waals surface area contributed by atoms with Gasteiger partial charge < -0.3 is 10.5 Å². The van der Waals surface area contributed by atoms with E-state index in [1.807, 2.05) is 0 Å². The molecule has 0 saturated carbocycles. The van der Waals surface area contributed by atoms with Crippen LogP contribution in [0.2, 0.25) is 0 Å². The van der Waals surface area contributed by atoms with Gasteiger partial charge in [-0.2, -0.15) is 0 Å². The Morgan fingerprint density at radius 3 is 2.50 bits per heavy atom. The monoisotopic (exact) mass is 113 g/mol. The zero-order valence-corrected chi connectivity index (χ0v) is 4.84. The molecule has 2 saturated heterocycles. The molecule has 2 rings (SSSR count). The van der Waals surface area contributed by atoms with Gasteiger partial charge in [0.05, 0.1) is 12.2 Å². The SMILES string of the molecule is NC1C[C@@H]2CC[C@H]1O2. The maximum absolute atomic E-state index is 5.69. The summed E-state index contributed by atoms with van der Waals surface area (Å²) in [5.74, 6) is 0. The van der Waals surface area contributed by atoms with E-state index in [2.05, 4.69) is 0 Å². The van der Waals surface area contributed by atoms with E-state index in [1.54, 1.807) is 0 Å². The van der Waals surface area contributed by atoms with Gasteiger partial charge in [0.15, 0.2) is 0 Å². The van der Waals surface area contributed by atoms with Crippen LogP contribution in [0.15, 0.2) is 0 Å². The lowest BCUT2D eigenvalue weighted by Crippen LogP contribution is -2.30. The zero-order valence-electron chi connectivity index (χ0n) is 4.84. The lowest BCUT2D eigenvalue weighted by molar-refractivity contribution is 0.101. The molecule has 2 bridgehead atoms. The summed E-state index contributed by atoms with van der Waals surface area (Å²) in [6.07, 6.45) is 4.49. The van der Waals surface area contributed by atoms with Crippen LogP contribution in [0.25, 0.3) is 0 Å². The molecule has 0 spiro atoms. The fourth-order valence-corrected chi connectivity index (χ4v) is 1.68. The van der Waals surface area contributed by atoms with Gasteiger partial charge >= 0.3 is 0 Å². The highest BCUT2D eigenvalue weighted by Crippen LogP contribution is 2.32. The minimum atomic E-state index is 0.355. The van der Waals surface area contributed by atoms with Crippen LogP contribution < -0.4 is 5.73 Å². The highest BCUT2D eigenvalue weighted by molar-refractivity contribution is 4.91. The molecule has 2 heteroatoms. The van der Waals surface area contributed by atoms with Gasteiger partial charge in [-0.3, -0.25) is 0 Å². The van der Waals surface area contributed by atoms with Gasteiger partial charge in [-0.1, -0.05) is 0 Å². The van der Waals surface area contributed by atoms with E-state index in [1.165, 1.54) is 12.8 Å². The Hall–Kier alpha value is -0.0800. The van der Waals surface area contributed by atoms with Crippen LogP contribution in [0.5, 0.6) is 0 Å². The van der Waals surface area contributed by atoms with Crippen molar-refractivity contribution in [1.29, 1.82) is 0 Å². The van der Waals surface area contributed by atoms with Gasteiger partial charge in [-0.25, -0.2) is 0 Å². The normalized spacial score (nSPS) is 52.9. The van der Waals surface area contributed by atoms with Crippen LogP contribution in [0.1, 0.15) is 19.3 Å². The minimum absolute atomic E-state index is 0.355. The van der Waals surface area contributed by atoms with Crippen molar-refractivity contribution >= 4 is 0 Å². The van der Waals surface area contributed by atoms with Gasteiger partial charge in [0.25, 0.3) is 0 Å². The predicted octanol–water partition coefficient (Wildman–Crippen LogP) is 0.265. The Morgan fingerprint density at radius 1 is 1.38 bits per heavy atom. The molecule has 3 atom stereocenters. The van der Waals surface area contributed by atoms with Gasteiger partial charge in [0.1, 0.15) is 0 Å². The van der Waals surface area contributed by atoms with Crippen molar-refractivity contribution in [2.45, 2.75) is 37.5 Å². The first-order valence-corrected chi connectivity index (χ1v) is 3.27. The van der Waals surface area contributed by atoms with Crippen LogP contribution in [0.3, 0.4) is 0 Å². The molecule has 2 aliphatic rings. The molecule has 2 fully saturated rings. The van der Waals surface area contributed by atoms with E-state index in [9.17, 15) is 0 Å². The molecule has 8 heavy (non-hydrogen) atoms. The van der Waals surface area contributed by atoms with Crippen molar-refractivity contribution in [3.8, 4) is 0 Å². The molecule has 0 radical (unpaired) electrons. The van der Waals surface area contributed by atoms with Crippen molar-refractivity contribution in [3.63, 3.8) is 0 Å². The van der Waals surface area contributed by atoms with Crippen LogP contribution in [0, 0.1) is 0 Å². The van der Waals surface area contributed by atoms with Gasteiger partial charge in [-0.15, -0.1) is 0 Å². The van der Waals surface area contributed by atoms with Crippen molar-refractivity contribution in [2.24, 2.45) is 5.73 Å². The summed E-state index contributed by atoms with van der Waals surface area (Å²) in [5.41, 5.74) is 5.69. The van der Waals surface area contributed by atoms with Crippen molar-refractivity contribution in [1.82, 2.24) is 0 Å². The summed E-state index contributed by atoms with van der Waals surface area (Å²) in [7, 11) is 0. The number of nitrogens with two attached hydrogens (primary N) is 1. The summed E-state index contributed by atoms with van der Waals surface area (Å²) in [4.78, 5) is 0. The quantitative estimate of drug-likeness (QED) is 0.489. The molecule has 0 aliphatic carbocycles. The van der Waals surface area contributed by atoms with Gasteiger partial charge in [0.2, 0.25) is 0 Å². The lowest BCUT2D eigenvalue weighted by Gasteiger charge is -2.11. The average Bonchev–Trinajstić information content (AvgIpc) is 2.23. The van der Waals surface area contributed by atoms with Gasteiger partial charge in [-0.05, 0) is 19.3 Å². The molecule has 2 aliphatic heterocycles. The third kappa shape index (κ3) is 0.501. The second-order valence-electron chi connectivity index (χ2n) is 2.77. The summed E-state index contributed by atoms with van der Waals surface area (Å²) in [5, 5.41) is 0. The molecular weight excluding hydrogens is 102 g/mol. The Bertz CT molecular complexity index is 103. The molecule has 2 heterocycles. The minimum Gasteiger partial charge on any atom is -0.373 e. The third-order valence-electron chi connectivity index (χ3n) is 2.15. The van der Waals surface area contributed by atoms with E-state index in [-0.39, 0.29) is 0 Å².